The van der Waals surface area contributed by atoms with E-state index in [4.69, 9.17) is 51.4 Å². The van der Waals surface area contributed by atoms with Crippen LogP contribution in [0.25, 0.3) is 17.4 Å². The number of carbonyl (C=O) groups excluding carboxylic acids is 1. The van der Waals surface area contributed by atoms with Gasteiger partial charge in [-0.2, -0.15) is 0 Å². The molecule has 0 unspecified atom stereocenters. The average Bonchev–Trinajstić information content (AvgIpc) is 3.14. The number of nitrogens with one attached hydrogen (secondary N) is 2. The number of furan rings is 1. The first-order chi connectivity index (χ1) is 13.8. The van der Waals surface area contributed by atoms with Gasteiger partial charge in [-0.15, -0.1) is 0 Å². The predicted octanol–water partition coefficient (Wildman–Crippen LogP) is 6.74. The number of benzene rings is 2. The summed E-state index contributed by atoms with van der Waals surface area (Å²) in [5.74, 6) is 0.761. The van der Waals surface area contributed by atoms with Gasteiger partial charge in [-0.1, -0.05) is 46.9 Å². The van der Waals surface area contributed by atoms with Crippen molar-refractivity contribution in [3.8, 4) is 11.3 Å². The second kappa shape index (κ2) is 9.46. The molecular formula is C21H15Cl3N2O2S. The third-order valence-corrected chi connectivity index (χ3v) is 5.06. The normalized spacial score (nSPS) is 10.9. The lowest BCUT2D eigenvalue weighted by atomic mass is 10.1. The highest BCUT2D eigenvalue weighted by molar-refractivity contribution is 7.80. The van der Waals surface area contributed by atoms with Crippen LogP contribution in [0.3, 0.4) is 0 Å². The molecule has 148 valence electrons. The number of thiocarbonyl (C=S) groups is 1. The quantitative estimate of drug-likeness (QED) is 0.331. The fraction of sp³-hybridized carbons (Fsp3) is 0.0476. The third kappa shape index (κ3) is 5.84. The van der Waals surface area contributed by atoms with Crippen LogP contribution in [0.2, 0.25) is 15.1 Å². The van der Waals surface area contributed by atoms with E-state index in [9.17, 15) is 4.79 Å². The molecule has 4 nitrogen and oxygen atoms in total. The summed E-state index contributed by atoms with van der Waals surface area (Å²) >= 11 is 23.2. The number of halogens is 3. The zero-order chi connectivity index (χ0) is 21.0. The van der Waals surface area contributed by atoms with E-state index >= 15 is 0 Å². The van der Waals surface area contributed by atoms with Crippen LogP contribution in [0.1, 0.15) is 11.3 Å². The van der Waals surface area contributed by atoms with Crippen molar-refractivity contribution in [3.63, 3.8) is 0 Å². The topological polar surface area (TPSA) is 54.3 Å². The summed E-state index contributed by atoms with van der Waals surface area (Å²) in [6.07, 6.45) is 2.87. The standard InChI is InChI=1S/C21H15Cl3N2O2S/c1-12-2-3-13(10-16(12)23)19-8-5-15(28-19)6-9-20(27)26-21(29)25-18-7-4-14(22)11-17(18)24/h2-11H,1H3,(H2,25,26,27,29)/b9-6+. The van der Waals surface area contributed by atoms with Gasteiger partial charge >= 0.3 is 0 Å². The molecule has 2 N–H and O–H groups in total. The molecule has 0 spiro atoms. The lowest BCUT2D eigenvalue weighted by Crippen LogP contribution is -2.32. The number of anilines is 1. The summed E-state index contributed by atoms with van der Waals surface area (Å²) in [5.41, 5.74) is 2.39. The van der Waals surface area contributed by atoms with Crippen LogP contribution in [0.4, 0.5) is 5.69 Å². The first kappa shape index (κ1) is 21.4. The summed E-state index contributed by atoms with van der Waals surface area (Å²) in [6, 6.07) is 14.2. The molecule has 0 saturated heterocycles. The summed E-state index contributed by atoms with van der Waals surface area (Å²) in [5, 5.41) is 7.05. The molecule has 3 aromatic rings. The molecular weight excluding hydrogens is 451 g/mol. The highest BCUT2D eigenvalue weighted by Gasteiger charge is 2.07. The number of amides is 1. The SMILES string of the molecule is Cc1ccc(-c2ccc(/C=C/C(=O)NC(=S)Nc3ccc(Cl)cc3Cl)o2)cc1Cl. The lowest BCUT2D eigenvalue weighted by molar-refractivity contribution is -0.115. The molecule has 0 bridgehead atoms. The Labute approximate surface area is 188 Å². The van der Waals surface area contributed by atoms with Gasteiger partial charge in [0.25, 0.3) is 0 Å². The van der Waals surface area contributed by atoms with Gasteiger partial charge in [0.05, 0.1) is 10.7 Å². The molecule has 1 heterocycles. The molecule has 0 saturated carbocycles. The largest absolute Gasteiger partial charge is 0.457 e. The van der Waals surface area contributed by atoms with E-state index in [2.05, 4.69) is 10.6 Å². The van der Waals surface area contributed by atoms with Crippen molar-refractivity contribution in [2.24, 2.45) is 0 Å². The molecule has 0 fully saturated rings. The fourth-order valence-electron chi connectivity index (χ4n) is 2.40. The molecule has 1 aromatic heterocycles. The first-order valence-electron chi connectivity index (χ1n) is 8.43. The minimum atomic E-state index is -0.413. The maximum atomic E-state index is 12.1. The van der Waals surface area contributed by atoms with E-state index in [1.54, 1.807) is 30.3 Å². The van der Waals surface area contributed by atoms with Crippen molar-refractivity contribution >= 4 is 69.8 Å². The van der Waals surface area contributed by atoms with Gasteiger partial charge in [0.15, 0.2) is 5.11 Å². The predicted molar refractivity (Wildman–Crippen MR) is 124 cm³/mol. The summed E-state index contributed by atoms with van der Waals surface area (Å²) in [6.45, 7) is 1.93. The number of carbonyl (C=O) groups is 1. The van der Waals surface area contributed by atoms with Crippen molar-refractivity contribution in [2.75, 3.05) is 5.32 Å². The van der Waals surface area contributed by atoms with Crippen LogP contribution < -0.4 is 10.6 Å². The Kier molecular flexibility index (Phi) is 6.98. The van der Waals surface area contributed by atoms with Crippen LogP contribution in [-0.4, -0.2) is 11.0 Å². The van der Waals surface area contributed by atoms with Crippen LogP contribution in [-0.2, 0) is 4.79 Å². The van der Waals surface area contributed by atoms with Crippen LogP contribution in [0.15, 0.2) is 59.0 Å². The maximum Gasteiger partial charge on any atom is 0.250 e. The minimum absolute atomic E-state index is 0.110. The van der Waals surface area contributed by atoms with Gasteiger partial charge in [-0.3, -0.25) is 10.1 Å². The zero-order valence-corrected chi connectivity index (χ0v) is 18.2. The highest BCUT2D eigenvalue weighted by Crippen LogP contribution is 2.27. The van der Waals surface area contributed by atoms with Crippen molar-refractivity contribution < 1.29 is 9.21 Å². The Morgan fingerprint density at radius 1 is 1.03 bits per heavy atom. The molecule has 0 aliphatic carbocycles. The third-order valence-electron chi connectivity index (χ3n) is 3.90. The second-order valence-corrected chi connectivity index (χ2v) is 7.73. The maximum absolute atomic E-state index is 12.1. The number of hydrogen-bond acceptors (Lipinski definition) is 3. The fourth-order valence-corrected chi connectivity index (χ4v) is 3.25. The lowest BCUT2D eigenvalue weighted by Gasteiger charge is -2.09. The van der Waals surface area contributed by atoms with E-state index in [0.717, 1.165) is 11.1 Å². The molecule has 0 aliphatic rings. The number of aryl methyl sites for hydroxylation is 1. The molecule has 3 rings (SSSR count). The monoisotopic (exact) mass is 464 g/mol. The van der Waals surface area contributed by atoms with Gasteiger partial charge in [0.2, 0.25) is 5.91 Å². The van der Waals surface area contributed by atoms with Crippen LogP contribution >= 0.6 is 47.0 Å². The Morgan fingerprint density at radius 3 is 2.55 bits per heavy atom. The average molecular weight is 466 g/mol. The summed E-state index contributed by atoms with van der Waals surface area (Å²) in [4.78, 5) is 12.1. The van der Waals surface area contributed by atoms with Gasteiger partial charge in [0.1, 0.15) is 11.5 Å². The van der Waals surface area contributed by atoms with Gasteiger partial charge in [0, 0.05) is 21.7 Å². The van der Waals surface area contributed by atoms with Crippen molar-refractivity contribution in [2.45, 2.75) is 6.92 Å². The smallest absolute Gasteiger partial charge is 0.250 e. The zero-order valence-electron chi connectivity index (χ0n) is 15.1. The summed E-state index contributed by atoms with van der Waals surface area (Å²) < 4.78 is 5.74. The van der Waals surface area contributed by atoms with E-state index in [0.29, 0.717) is 32.3 Å². The van der Waals surface area contributed by atoms with E-state index in [1.807, 2.05) is 31.2 Å². The molecule has 2 aromatic carbocycles. The molecule has 29 heavy (non-hydrogen) atoms. The van der Waals surface area contributed by atoms with Crippen LogP contribution in [0.5, 0.6) is 0 Å². The van der Waals surface area contributed by atoms with E-state index in [1.165, 1.54) is 6.08 Å². The molecule has 1 amide bonds. The first-order valence-corrected chi connectivity index (χ1v) is 9.97. The van der Waals surface area contributed by atoms with Gasteiger partial charge in [-0.25, -0.2) is 0 Å². The van der Waals surface area contributed by atoms with Crippen molar-refractivity contribution in [1.29, 1.82) is 0 Å². The minimum Gasteiger partial charge on any atom is -0.457 e. The Balaban J connectivity index is 1.59. The number of hydrogen-bond donors (Lipinski definition) is 2. The molecule has 0 radical (unpaired) electrons. The number of rotatable bonds is 4. The molecule has 0 atom stereocenters. The Hall–Kier alpha value is -2.31. The van der Waals surface area contributed by atoms with Gasteiger partial charge in [-0.05, 0) is 67.2 Å². The van der Waals surface area contributed by atoms with Gasteiger partial charge < -0.3 is 9.73 Å². The second-order valence-electron chi connectivity index (χ2n) is 6.07. The highest BCUT2D eigenvalue weighted by atomic mass is 35.5. The molecule has 8 heteroatoms. The molecule has 0 aliphatic heterocycles. The van der Waals surface area contributed by atoms with E-state index < -0.39 is 5.91 Å². The van der Waals surface area contributed by atoms with Crippen LogP contribution in [0, 0.1) is 6.92 Å². The van der Waals surface area contributed by atoms with Crippen molar-refractivity contribution in [3.05, 3.63) is 81.0 Å². The van der Waals surface area contributed by atoms with Crippen molar-refractivity contribution in [1.82, 2.24) is 5.32 Å². The Morgan fingerprint density at radius 2 is 1.83 bits per heavy atom. The Bertz CT molecular complexity index is 1110. The van der Waals surface area contributed by atoms with E-state index in [-0.39, 0.29) is 5.11 Å². The summed E-state index contributed by atoms with van der Waals surface area (Å²) in [7, 11) is 0.